The van der Waals surface area contributed by atoms with Crippen LogP contribution >= 0.6 is 0 Å². The maximum absolute atomic E-state index is 12.9. The molecule has 1 aliphatic carbocycles. The van der Waals surface area contributed by atoms with Crippen molar-refractivity contribution in [2.75, 3.05) is 33.0 Å². The predicted octanol–water partition coefficient (Wildman–Crippen LogP) is 0.425. The molecule has 8 heteroatoms. The van der Waals surface area contributed by atoms with E-state index < -0.39 is 23.2 Å². The number of ketones is 1. The second-order valence-corrected chi connectivity index (χ2v) is 6.84. The van der Waals surface area contributed by atoms with E-state index >= 15 is 0 Å². The SMILES string of the molecule is NC(=O)COCCOCCNC(=O)C1CCCCC1(O)C(=O)c1ccccc1. The number of aliphatic hydroxyl groups is 1. The maximum atomic E-state index is 12.9. The van der Waals surface area contributed by atoms with Crippen molar-refractivity contribution in [3.8, 4) is 0 Å². The second kappa shape index (κ2) is 10.9. The van der Waals surface area contributed by atoms with Gasteiger partial charge in [-0.05, 0) is 12.8 Å². The van der Waals surface area contributed by atoms with Gasteiger partial charge in [-0.2, -0.15) is 0 Å². The summed E-state index contributed by atoms with van der Waals surface area (Å²) in [5.41, 5.74) is 3.66. The highest BCUT2D eigenvalue weighted by atomic mass is 16.5. The molecule has 1 aliphatic rings. The number of rotatable bonds is 11. The minimum Gasteiger partial charge on any atom is -0.381 e. The van der Waals surface area contributed by atoms with Gasteiger partial charge in [0.05, 0.1) is 25.7 Å². The summed E-state index contributed by atoms with van der Waals surface area (Å²) in [4.78, 5) is 36.0. The van der Waals surface area contributed by atoms with Crippen LogP contribution in [0, 0.1) is 5.92 Å². The molecule has 1 fully saturated rings. The molecule has 154 valence electrons. The van der Waals surface area contributed by atoms with Crippen LogP contribution < -0.4 is 11.1 Å². The molecule has 2 rings (SSSR count). The Morgan fingerprint density at radius 3 is 2.54 bits per heavy atom. The van der Waals surface area contributed by atoms with Crippen LogP contribution in [0.5, 0.6) is 0 Å². The summed E-state index contributed by atoms with van der Waals surface area (Å²) in [6.07, 6.45) is 2.22. The van der Waals surface area contributed by atoms with Gasteiger partial charge in [0.1, 0.15) is 12.2 Å². The number of carbonyl (C=O) groups is 3. The average molecular weight is 392 g/mol. The third-order valence-corrected chi connectivity index (χ3v) is 4.78. The molecule has 0 aliphatic heterocycles. The highest BCUT2D eigenvalue weighted by Gasteiger charge is 2.48. The van der Waals surface area contributed by atoms with Crippen molar-refractivity contribution < 1.29 is 29.0 Å². The lowest BCUT2D eigenvalue weighted by molar-refractivity contribution is -0.135. The monoisotopic (exact) mass is 392 g/mol. The van der Waals surface area contributed by atoms with Crippen molar-refractivity contribution in [1.82, 2.24) is 5.32 Å². The smallest absolute Gasteiger partial charge is 0.243 e. The molecule has 28 heavy (non-hydrogen) atoms. The lowest BCUT2D eigenvalue weighted by Crippen LogP contribution is -2.54. The molecule has 2 amide bonds. The molecule has 0 bridgehead atoms. The third kappa shape index (κ3) is 6.12. The lowest BCUT2D eigenvalue weighted by atomic mass is 9.71. The van der Waals surface area contributed by atoms with Crippen molar-refractivity contribution in [1.29, 1.82) is 0 Å². The Bertz CT molecular complexity index is 666. The largest absolute Gasteiger partial charge is 0.381 e. The number of nitrogens with two attached hydrogens (primary N) is 1. The number of amides is 2. The summed E-state index contributed by atoms with van der Waals surface area (Å²) in [5, 5.41) is 13.8. The first-order chi connectivity index (χ1) is 13.4. The maximum Gasteiger partial charge on any atom is 0.243 e. The van der Waals surface area contributed by atoms with E-state index in [1.54, 1.807) is 30.3 Å². The molecule has 2 atom stereocenters. The van der Waals surface area contributed by atoms with E-state index in [0.29, 0.717) is 18.4 Å². The van der Waals surface area contributed by atoms with Crippen LogP contribution in [0.15, 0.2) is 30.3 Å². The fourth-order valence-corrected chi connectivity index (χ4v) is 3.38. The van der Waals surface area contributed by atoms with Crippen molar-refractivity contribution >= 4 is 17.6 Å². The number of ether oxygens (including phenoxy) is 2. The van der Waals surface area contributed by atoms with Crippen molar-refractivity contribution in [2.24, 2.45) is 11.7 Å². The van der Waals surface area contributed by atoms with E-state index in [1.807, 2.05) is 0 Å². The topological polar surface area (TPSA) is 128 Å². The van der Waals surface area contributed by atoms with Crippen LogP contribution in [0.1, 0.15) is 36.0 Å². The fraction of sp³-hybridized carbons (Fsp3) is 0.550. The molecule has 2 unspecified atom stereocenters. The summed E-state index contributed by atoms with van der Waals surface area (Å²) >= 11 is 0. The minimum absolute atomic E-state index is 0.157. The Morgan fingerprint density at radius 2 is 1.82 bits per heavy atom. The summed E-state index contributed by atoms with van der Waals surface area (Å²) in [6.45, 7) is 0.841. The van der Waals surface area contributed by atoms with E-state index in [4.69, 9.17) is 15.2 Å². The van der Waals surface area contributed by atoms with E-state index in [1.165, 1.54) is 0 Å². The number of Topliss-reactive ketones (excluding diaryl/α,β-unsaturated/α-hetero) is 1. The molecule has 1 aromatic carbocycles. The second-order valence-electron chi connectivity index (χ2n) is 6.84. The van der Waals surface area contributed by atoms with Crippen LogP contribution in [0.4, 0.5) is 0 Å². The van der Waals surface area contributed by atoms with Crippen molar-refractivity contribution in [3.63, 3.8) is 0 Å². The van der Waals surface area contributed by atoms with E-state index in [2.05, 4.69) is 5.32 Å². The molecule has 0 aromatic heterocycles. The number of hydrogen-bond donors (Lipinski definition) is 3. The fourth-order valence-electron chi connectivity index (χ4n) is 3.38. The van der Waals surface area contributed by atoms with Gasteiger partial charge in [-0.3, -0.25) is 14.4 Å². The Hall–Kier alpha value is -2.29. The van der Waals surface area contributed by atoms with Gasteiger partial charge in [-0.15, -0.1) is 0 Å². The van der Waals surface area contributed by atoms with Gasteiger partial charge >= 0.3 is 0 Å². The Morgan fingerprint density at radius 1 is 1.11 bits per heavy atom. The zero-order valence-electron chi connectivity index (χ0n) is 15.9. The zero-order valence-corrected chi connectivity index (χ0v) is 15.9. The molecule has 0 radical (unpaired) electrons. The molecular formula is C20H28N2O6. The highest BCUT2D eigenvalue weighted by molar-refractivity contribution is 6.05. The van der Waals surface area contributed by atoms with Crippen molar-refractivity contribution in [2.45, 2.75) is 31.3 Å². The van der Waals surface area contributed by atoms with Crippen molar-refractivity contribution in [3.05, 3.63) is 35.9 Å². The third-order valence-electron chi connectivity index (χ3n) is 4.78. The van der Waals surface area contributed by atoms with Gasteiger partial charge in [0.2, 0.25) is 11.8 Å². The van der Waals surface area contributed by atoms with Gasteiger partial charge in [0, 0.05) is 12.1 Å². The molecule has 0 heterocycles. The minimum atomic E-state index is -1.69. The van der Waals surface area contributed by atoms with Crippen LogP contribution in [0.3, 0.4) is 0 Å². The Kier molecular flexibility index (Phi) is 8.56. The number of nitrogens with one attached hydrogen (secondary N) is 1. The zero-order chi connectivity index (χ0) is 20.4. The Balaban J connectivity index is 1.81. The van der Waals surface area contributed by atoms with Gasteiger partial charge in [0.15, 0.2) is 5.78 Å². The van der Waals surface area contributed by atoms with E-state index in [-0.39, 0.29) is 45.3 Å². The summed E-state index contributed by atoms with van der Waals surface area (Å²) < 4.78 is 10.3. The molecular weight excluding hydrogens is 364 g/mol. The van der Waals surface area contributed by atoms with E-state index in [9.17, 15) is 19.5 Å². The number of carbonyl (C=O) groups excluding carboxylic acids is 3. The van der Waals surface area contributed by atoms with Crippen LogP contribution in [0.2, 0.25) is 0 Å². The first kappa shape index (κ1) is 22.0. The van der Waals surface area contributed by atoms with Gasteiger partial charge in [-0.25, -0.2) is 0 Å². The number of hydrogen-bond acceptors (Lipinski definition) is 6. The lowest BCUT2D eigenvalue weighted by Gasteiger charge is -2.37. The van der Waals surface area contributed by atoms with Gasteiger partial charge in [0.25, 0.3) is 0 Å². The van der Waals surface area contributed by atoms with Gasteiger partial charge < -0.3 is 25.6 Å². The first-order valence-electron chi connectivity index (χ1n) is 9.49. The Labute approximate surface area is 164 Å². The predicted molar refractivity (Wildman–Crippen MR) is 102 cm³/mol. The molecule has 0 saturated heterocycles. The molecule has 0 spiro atoms. The quantitative estimate of drug-likeness (QED) is 0.370. The van der Waals surface area contributed by atoms with Crippen LogP contribution in [-0.4, -0.2) is 61.3 Å². The summed E-state index contributed by atoms with van der Waals surface area (Å²) in [5.74, 6) is -2.08. The van der Waals surface area contributed by atoms with Crippen LogP contribution in [0.25, 0.3) is 0 Å². The standard InChI is InChI=1S/C20H28N2O6/c21-17(23)14-28-13-12-27-11-10-22-19(25)16-8-4-5-9-20(16,26)18(24)15-6-2-1-3-7-15/h1-3,6-7,16,26H,4-5,8-14H2,(H2,21,23)(H,22,25). The molecule has 8 nitrogen and oxygen atoms in total. The van der Waals surface area contributed by atoms with Gasteiger partial charge in [-0.1, -0.05) is 43.2 Å². The molecule has 4 N–H and O–H groups in total. The highest BCUT2D eigenvalue weighted by Crippen LogP contribution is 2.36. The molecule has 1 saturated carbocycles. The summed E-state index contributed by atoms with van der Waals surface area (Å²) in [7, 11) is 0. The molecule has 1 aromatic rings. The van der Waals surface area contributed by atoms with Crippen LogP contribution in [-0.2, 0) is 19.1 Å². The van der Waals surface area contributed by atoms with E-state index in [0.717, 1.165) is 6.42 Å². The summed E-state index contributed by atoms with van der Waals surface area (Å²) in [6, 6.07) is 8.57. The average Bonchev–Trinajstić information content (AvgIpc) is 2.70. The first-order valence-corrected chi connectivity index (χ1v) is 9.49. The normalized spacial score (nSPS) is 21.8. The number of benzene rings is 1. The number of primary amides is 1.